The van der Waals surface area contributed by atoms with Gasteiger partial charge in [0.1, 0.15) is 5.52 Å². The number of anilines is 1. The molecule has 2 N–H and O–H groups in total. The third-order valence-corrected chi connectivity index (χ3v) is 8.53. The molecule has 0 spiro atoms. The first-order valence-electron chi connectivity index (χ1n) is 13.0. The molecular formula is C27H31N7O2S. The molecule has 37 heavy (non-hydrogen) atoms. The Bertz CT molecular complexity index is 1400. The van der Waals surface area contributed by atoms with Crippen LogP contribution in [0, 0.1) is 12.8 Å². The number of piperidine rings is 1. The number of likely N-dealkylation sites (tertiary alicyclic amines) is 1. The molecule has 0 atom stereocenters. The minimum atomic E-state index is -0.262. The number of benzene rings is 1. The molecule has 2 aliphatic rings. The number of rotatable bonds is 5. The van der Waals surface area contributed by atoms with Crippen LogP contribution >= 0.6 is 11.3 Å². The number of carbonyl (C=O) groups is 1. The molecule has 1 amide bonds. The highest BCUT2D eigenvalue weighted by Crippen LogP contribution is 2.33. The lowest BCUT2D eigenvalue weighted by molar-refractivity contribution is -0.138. The number of fused-ring (bicyclic) bond motifs is 1. The molecule has 6 rings (SSSR count). The SMILES string of the molecule is Cc1cscc1-c1cccc2c1nnn2-c1ccnc(N[C@H]2CC[C@H](C(=O)N3CCC(O)CC3)CC2)n1. The van der Waals surface area contributed by atoms with Crippen molar-refractivity contribution in [2.75, 3.05) is 18.4 Å². The van der Waals surface area contributed by atoms with E-state index in [1.165, 1.54) is 11.1 Å². The van der Waals surface area contributed by atoms with Crippen LogP contribution in [0.15, 0.2) is 41.2 Å². The molecule has 3 aromatic heterocycles. The lowest BCUT2D eigenvalue weighted by Gasteiger charge is -2.35. The largest absolute Gasteiger partial charge is 0.393 e. The van der Waals surface area contributed by atoms with E-state index < -0.39 is 0 Å². The van der Waals surface area contributed by atoms with Gasteiger partial charge in [-0.2, -0.15) is 21.0 Å². The summed E-state index contributed by atoms with van der Waals surface area (Å²) in [6.45, 7) is 3.45. The molecule has 1 aliphatic heterocycles. The number of amides is 1. The maximum Gasteiger partial charge on any atom is 0.225 e. The van der Waals surface area contributed by atoms with Gasteiger partial charge in [-0.05, 0) is 73.4 Å². The van der Waals surface area contributed by atoms with Crippen molar-refractivity contribution in [2.24, 2.45) is 5.92 Å². The fourth-order valence-electron chi connectivity index (χ4n) is 5.52. The molecule has 4 heterocycles. The van der Waals surface area contributed by atoms with Crippen molar-refractivity contribution in [1.29, 1.82) is 0 Å². The molecular weight excluding hydrogens is 486 g/mol. The van der Waals surface area contributed by atoms with Crippen LogP contribution in [-0.4, -0.2) is 66.1 Å². The summed E-state index contributed by atoms with van der Waals surface area (Å²) >= 11 is 1.69. The maximum atomic E-state index is 12.9. The van der Waals surface area contributed by atoms with Crippen LogP contribution in [0.1, 0.15) is 44.1 Å². The molecule has 9 nitrogen and oxygen atoms in total. The second kappa shape index (κ2) is 10.2. The highest BCUT2D eigenvalue weighted by Gasteiger charge is 2.31. The Kier molecular flexibility index (Phi) is 6.60. The Balaban J connectivity index is 1.14. The van der Waals surface area contributed by atoms with Crippen molar-refractivity contribution in [3.8, 4) is 16.9 Å². The fourth-order valence-corrected chi connectivity index (χ4v) is 6.36. The third-order valence-electron chi connectivity index (χ3n) is 7.67. The lowest BCUT2D eigenvalue weighted by Crippen LogP contribution is -2.44. The Morgan fingerprint density at radius 3 is 2.62 bits per heavy atom. The van der Waals surface area contributed by atoms with Gasteiger partial charge in [0.15, 0.2) is 5.82 Å². The van der Waals surface area contributed by atoms with E-state index in [1.54, 1.807) is 22.2 Å². The van der Waals surface area contributed by atoms with Gasteiger partial charge in [-0.25, -0.2) is 4.98 Å². The molecule has 0 radical (unpaired) electrons. The smallest absolute Gasteiger partial charge is 0.225 e. The number of nitrogens with zero attached hydrogens (tertiary/aromatic N) is 6. The number of aliphatic hydroxyl groups is 1. The molecule has 4 aromatic rings. The maximum absolute atomic E-state index is 12.9. The van der Waals surface area contributed by atoms with Gasteiger partial charge in [-0.1, -0.05) is 17.3 Å². The van der Waals surface area contributed by atoms with Gasteiger partial charge >= 0.3 is 0 Å². The quantitative estimate of drug-likeness (QED) is 0.408. The lowest BCUT2D eigenvalue weighted by atomic mass is 9.85. The van der Waals surface area contributed by atoms with Crippen LogP contribution in [-0.2, 0) is 4.79 Å². The first-order valence-corrected chi connectivity index (χ1v) is 14.0. The molecule has 0 bridgehead atoms. The monoisotopic (exact) mass is 517 g/mol. The number of hydrogen-bond donors (Lipinski definition) is 2. The molecule has 1 saturated carbocycles. The number of aliphatic hydroxyl groups excluding tert-OH is 1. The van der Waals surface area contributed by atoms with Crippen molar-refractivity contribution < 1.29 is 9.90 Å². The zero-order valence-corrected chi connectivity index (χ0v) is 21.7. The minimum absolute atomic E-state index is 0.0723. The van der Waals surface area contributed by atoms with Crippen LogP contribution in [0.3, 0.4) is 0 Å². The summed E-state index contributed by atoms with van der Waals surface area (Å²) in [5, 5.41) is 26.4. The summed E-state index contributed by atoms with van der Waals surface area (Å²) in [7, 11) is 0. The average Bonchev–Trinajstić information content (AvgIpc) is 3.55. The van der Waals surface area contributed by atoms with E-state index in [0.717, 1.165) is 42.3 Å². The van der Waals surface area contributed by atoms with E-state index in [-0.39, 0.29) is 24.0 Å². The van der Waals surface area contributed by atoms with Crippen LogP contribution < -0.4 is 5.32 Å². The molecule has 1 aliphatic carbocycles. The second-order valence-corrected chi connectivity index (χ2v) is 10.9. The third kappa shape index (κ3) is 4.83. The number of aryl methyl sites for hydroxylation is 1. The number of thiophene rings is 1. The van der Waals surface area contributed by atoms with E-state index in [2.05, 4.69) is 44.4 Å². The van der Waals surface area contributed by atoms with E-state index in [0.29, 0.717) is 37.7 Å². The van der Waals surface area contributed by atoms with E-state index in [9.17, 15) is 9.90 Å². The molecule has 192 valence electrons. The van der Waals surface area contributed by atoms with Gasteiger partial charge in [0.25, 0.3) is 0 Å². The van der Waals surface area contributed by atoms with Crippen molar-refractivity contribution >= 4 is 34.2 Å². The van der Waals surface area contributed by atoms with Crippen molar-refractivity contribution in [3.05, 3.63) is 46.8 Å². The summed E-state index contributed by atoms with van der Waals surface area (Å²) in [5.41, 5.74) is 5.23. The summed E-state index contributed by atoms with van der Waals surface area (Å²) in [5.74, 6) is 1.54. The second-order valence-electron chi connectivity index (χ2n) is 10.1. The Labute approximate surface area is 219 Å². The molecule has 2 fully saturated rings. The van der Waals surface area contributed by atoms with Gasteiger partial charge in [-0.3, -0.25) is 4.79 Å². The van der Waals surface area contributed by atoms with Crippen molar-refractivity contribution in [2.45, 2.75) is 57.6 Å². The predicted octanol–water partition coefficient (Wildman–Crippen LogP) is 4.20. The predicted molar refractivity (Wildman–Crippen MR) is 144 cm³/mol. The zero-order chi connectivity index (χ0) is 25.4. The van der Waals surface area contributed by atoms with Crippen LogP contribution in [0.4, 0.5) is 5.95 Å². The minimum Gasteiger partial charge on any atom is -0.393 e. The van der Waals surface area contributed by atoms with Gasteiger partial charge < -0.3 is 15.3 Å². The summed E-state index contributed by atoms with van der Waals surface area (Å²) in [6.07, 6.45) is 6.36. The van der Waals surface area contributed by atoms with Crippen LogP contribution in [0.25, 0.3) is 28.0 Å². The first kappa shape index (κ1) is 24.0. The van der Waals surface area contributed by atoms with E-state index in [4.69, 9.17) is 4.98 Å². The van der Waals surface area contributed by atoms with Gasteiger partial charge in [0.2, 0.25) is 11.9 Å². The Morgan fingerprint density at radius 2 is 1.86 bits per heavy atom. The van der Waals surface area contributed by atoms with Gasteiger partial charge in [0, 0.05) is 42.9 Å². The fraction of sp³-hybridized carbons (Fsp3) is 0.444. The first-order chi connectivity index (χ1) is 18.1. The van der Waals surface area contributed by atoms with E-state index >= 15 is 0 Å². The molecule has 1 saturated heterocycles. The molecule has 1 aromatic carbocycles. The number of aromatic nitrogens is 5. The topological polar surface area (TPSA) is 109 Å². The van der Waals surface area contributed by atoms with Gasteiger partial charge in [-0.15, -0.1) is 5.10 Å². The summed E-state index contributed by atoms with van der Waals surface area (Å²) in [4.78, 5) is 24.0. The average molecular weight is 518 g/mol. The highest BCUT2D eigenvalue weighted by atomic mass is 32.1. The highest BCUT2D eigenvalue weighted by molar-refractivity contribution is 7.08. The number of carbonyl (C=O) groups excluding carboxylic acids is 1. The van der Waals surface area contributed by atoms with Crippen molar-refractivity contribution in [1.82, 2.24) is 29.9 Å². The van der Waals surface area contributed by atoms with Gasteiger partial charge in [0.05, 0.1) is 11.6 Å². The van der Waals surface area contributed by atoms with E-state index in [1.807, 2.05) is 23.1 Å². The summed E-state index contributed by atoms with van der Waals surface area (Å²) in [6, 6.07) is 8.19. The molecule has 10 heteroatoms. The number of hydrogen-bond acceptors (Lipinski definition) is 8. The standard InChI is InChI=1S/C27H31N7O2S/c1-17-15-37-16-22(17)21-3-2-4-23-25(21)31-32-34(23)24-9-12-28-27(30-24)29-19-7-5-18(6-8-19)26(36)33-13-10-20(35)11-14-33/h2-4,9,12,15-16,18-20,35H,5-8,10-11,13-14H2,1H3,(H,28,29,30)/t18-,19-. The Hall–Kier alpha value is -3.37. The zero-order valence-electron chi connectivity index (χ0n) is 20.9. The molecule has 0 unspecified atom stereocenters. The van der Waals surface area contributed by atoms with Crippen LogP contribution in [0.5, 0.6) is 0 Å². The van der Waals surface area contributed by atoms with Crippen molar-refractivity contribution in [3.63, 3.8) is 0 Å². The summed E-state index contributed by atoms with van der Waals surface area (Å²) < 4.78 is 1.76. The van der Waals surface area contributed by atoms with Crippen LogP contribution in [0.2, 0.25) is 0 Å². The normalized spacial score (nSPS) is 20.9. The Morgan fingerprint density at radius 1 is 1.05 bits per heavy atom. The number of nitrogens with one attached hydrogen (secondary N) is 1.